The van der Waals surface area contributed by atoms with Gasteiger partial charge in [0, 0.05) is 38.3 Å². The van der Waals surface area contributed by atoms with Crippen molar-refractivity contribution in [2.45, 2.75) is 19.4 Å². The molecule has 3 heterocycles. The first-order valence-corrected chi connectivity index (χ1v) is 9.96. The average Bonchev–Trinajstić information content (AvgIpc) is 2.79. The third-order valence-corrected chi connectivity index (χ3v) is 5.26. The van der Waals surface area contributed by atoms with Gasteiger partial charge in [0.2, 0.25) is 11.9 Å². The number of aromatic nitrogens is 4. The molecule has 30 heavy (non-hydrogen) atoms. The molecular weight excluding hydrogens is 384 g/mol. The van der Waals surface area contributed by atoms with E-state index in [2.05, 4.69) is 20.3 Å². The Kier molecular flexibility index (Phi) is 5.99. The summed E-state index contributed by atoms with van der Waals surface area (Å²) < 4.78 is 6.55. The van der Waals surface area contributed by atoms with E-state index < -0.39 is 0 Å². The molecule has 4 rings (SSSR count). The molecule has 1 atom stereocenters. The molecule has 9 nitrogen and oxygen atoms in total. The van der Waals surface area contributed by atoms with Crippen LogP contribution in [0.5, 0.6) is 0 Å². The molecule has 0 bridgehead atoms. The molecule has 1 saturated heterocycles. The van der Waals surface area contributed by atoms with Gasteiger partial charge in [-0.25, -0.2) is 15.0 Å². The summed E-state index contributed by atoms with van der Waals surface area (Å²) in [4.78, 5) is 40.5. The fourth-order valence-corrected chi connectivity index (χ4v) is 3.66. The topological polar surface area (TPSA) is 102 Å². The quantitative estimate of drug-likeness (QED) is 0.662. The van der Waals surface area contributed by atoms with E-state index in [4.69, 9.17) is 4.74 Å². The molecule has 1 N–H and O–H groups in total. The van der Waals surface area contributed by atoms with E-state index in [9.17, 15) is 9.59 Å². The molecule has 0 unspecified atom stereocenters. The molecule has 0 aliphatic carbocycles. The van der Waals surface area contributed by atoms with Crippen molar-refractivity contribution in [1.82, 2.24) is 19.5 Å². The van der Waals surface area contributed by atoms with Crippen molar-refractivity contribution in [1.29, 1.82) is 0 Å². The highest BCUT2D eigenvalue weighted by Gasteiger charge is 2.27. The Bertz CT molecular complexity index is 1090. The highest BCUT2D eigenvalue weighted by Crippen LogP contribution is 2.22. The van der Waals surface area contributed by atoms with Crippen LogP contribution in [0.25, 0.3) is 10.9 Å². The van der Waals surface area contributed by atoms with E-state index in [0.717, 1.165) is 19.4 Å². The van der Waals surface area contributed by atoms with Gasteiger partial charge < -0.3 is 15.0 Å². The normalized spacial score (nSPS) is 16.6. The number of rotatable bonds is 6. The largest absolute Gasteiger partial charge is 0.383 e. The van der Waals surface area contributed by atoms with Gasteiger partial charge >= 0.3 is 0 Å². The Morgan fingerprint density at radius 1 is 1.27 bits per heavy atom. The number of benzene rings is 1. The fourth-order valence-electron chi connectivity index (χ4n) is 3.66. The Hall–Kier alpha value is -3.33. The second-order valence-corrected chi connectivity index (χ2v) is 7.29. The standard InChI is InChI=1S/C21H24N6O3/c1-30-11-10-27-14-24-18-6-5-16(12-17(18)20(27)29)25-19(28)15-4-2-9-26(13-15)21-22-7-3-8-23-21/h3,5-8,12,14-15H,2,4,9-11,13H2,1H3,(H,25,28)/t15-/m1/s1. The van der Waals surface area contributed by atoms with Crippen molar-refractivity contribution in [3.05, 3.63) is 53.3 Å². The number of hydrogen-bond donors (Lipinski definition) is 1. The minimum Gasteiger partial charge on any atom is -0.383 e. The van der Waals surface area contributed by atoms with Crippen LogP contribution in [0.15, 0.2) is 47.8 Å². The van der Waals surface area contributed by atoms with Crippen LogP contribution in [-0.2, 0) is 16.1 Å². The molecule has 1 amide bonds. The summed E-state index contributed by atoms with van der Waals surface area (Å²) in [6.07, 6.45) is 6.61. The van der Waals surface area contributed by atoms with Gasteiger partial charge in [-0.1, -0.05) is 0 Å². The lowest BCUT2D eigenvalue weighted by Crippen LogP contribution is -2.41. The average molecular weight is 408 g/mol. The Morgan fingerprint density at radius 2 is 2.10 bits per heavy atom. The van der Waals surface area contributed by atoms with Crippen LogP contribution in [0.3, 0.4) is 0 Å². The second kappa shape index (κ2) is 9.00. The zero-order valence-electron chi connectivity index (χ0n) is 16.8. The molecule has 156 valence electrons. The summed E-state index contributed by atoms with van der Waals surface area (Å²) in [6, 6.07) is 6.98. The van der Waals surface area contributed by atoms with Gasteiger partial charge in [-0.15, -0.1) is 0 Å². The highest BCUT2D eigenvalue weighted by atomic mass is 16.5. The van der Waals surface area contributed by atoms with E-state index >= 15 is 0 Å². The maximum Gasteiger partial charge on any atom is 0.261 e. The lowest BCUT2D eigenvalue weighted by atomic mass is 9.97. The van der Waals surface area contributed by atoms with Gasteiger partial charge in [0.1, 0.15) is 0 Å². The molecule has 1 aromatic carbocycles. The molecular formula is C21H24N6O3. The number of amides is 1. The number of carbonyl (C=O) groups is 1. The van der Waals surface area contributed by atoms with E-state index in [1.165, 1.54) is 10.9 Å². The zero-order valence-corrected chi connectivity index (χ0v) is 16.8. The molecule has 2 aromatic heterocycles. The number of hydrogen-bond acceptors (Lipinski definition) is 7. The van der Waals surface area contributed by atoms with E-state index in [0.29, 0.717) is 42.2 Å². The summed E-state index contributed by atoms with van der Waals surface area (Å²) >= 11 is 0. The maximum atomic E-state index is 12.9. The Morgan fingerprint density at radius 3 is 2.90 bits per heavy atom. The fraction of sp³-hybridized carbons (Fsp3) is 0.381. The number of fused-ring (bicyclic) bond motifs is 1. The number of nitrogens with one attached hydrogen (secondary N) is 1. The lowest BCUT2D eigenvalue weighted by Gasteiger charge is -2.31. The van der Waals surface area contributed by atoms with E-state index in [1.54, 1.807) is 43.8 Å². The van der Waals surface area contributed by atoms with Crippen LogP contribution in [0.1, 0.15) is 12.8 Å². The summed E-state index contributed by atoms with van der Waals surface area (Å²) in [5.74, 6) is 0.396. The van der Waals surface area contributed by atoms with Gasteiger partial charge in [-0.3, -0.25) is 14.2 Å². The molecule has 1 fully saturated rings. The number of ether oxygens (including phenoxy) is 1. The SMILES string of the molecule is COCCn1cnc2ccc(NC(=O)[C@@H]3CCCN(c4ncccn4)C3)cc2c1=O. The summed E-state index contributed by atoms with van der Waals surface area (Å²) in [7, 11) is 1.59. The van der Waals surface area contributed by atoms with Crippen molar-refractivity contribution in [2.24, 2.45) is 5.92 Å². The van der Waals surface area contributed by atoms with Gasteiger partial charge in [0.25, 0.3) is 5.56 Å². The number of methoxy groups -OCH3 is 1. The van der Waals surface area contributed by atoms with Crippen molar-refractivity contribution in [3.63, 3.8) is 0 Å². The van der Waals surface area contributed by atoms with Crippen molar-refractivity contribution >= 4 is 28.4 Å². The first kappa shape index (κ1) is 20.0. The zero-order chi connectivity index (χ0) is 20.9. The molecule has 1 aliphatic rings. The smallest absolute Gasteiger partial charge is 0.261 e. The summed E-state index contributed by atoms with van der Waals surface area (Å²) in [5.41, 5.74) is 1.03. The molecule has 0 saturated carbocycles. The highest BCUT2D eigenvalue weighted by molar-refractivity contribution is 5.95. The molecule has 9 heteroatoms. The number of carbonyl (C=O) groups excluding carboxylic acids is 1. The molecule has 0 radical (unpaired) electrons. The van der Waals surface area contributed by atoms with Gasteiger partial charge in [0.15, 0.2) is 0 Å². The van der Waals surface area contributed by atoms with E-state index in [1.807, 2.05) is 4.90 Å². The van der Waals surface area contributed by atoms with Crippen LogP contribution in [0.2, 0.25) is 0 Å². The van der Waals surface area contributed by atoms with Crippen molar-refractivity contribution < 1.29 is 9.53 Å². The first-order chi connectivity index (χ1) is 14.7. The van der Waals surface area contributed by atoms with E-state index in [-0.39, 0.29) is 17.4 Å². The van der Waals surface area contributed by atoms with Crippen LogP contribution >= 0.6 is 0 Å². The lowest BCUT2D eigenvalue weighted by molar-refractivity contribution is -0.120. The second-order valence-electron chi connectivity index (χ2n) is 7.29. The minimum atomic E-state index is -0.175. The van der Waals surface area contributed by atoms with Gasteiger partial charge in [0.05, 0.1) is 36.3 Å². The third kappa shape index (κ3) is 4.30. The summed E-state index contributed by atoms with van der Waals surface area (Å²) in [6.45, 7) is 2.24. The molecule has 0 spiro atoms. The molecule has 1 aliphatic heterocycles. The summed E-state index contributed by atoms with van der Waals surface area (Å²) in [5, 5.41) is 3.43. The van der Waals surface area contributed by atoms with Gasteiger partial charge in [-0.2, -0.15) is 0 Å². The first-order valence-electron chi connectivity index (χ1n) is 9.96. The van der Waals surface area contributed by atoms with Crippen LogP contribution < -0.4 is 15.8 Å². The molecule has 3 aromatic rings. The van der Waals surface area contributed by atoms with Crippen LogP contribution in [0.4, 0.5) is 11.6 Å². The monoisotopic (exact) mass is 408 g/mol. The predicted molar refractivity (Wildman–Crippen MR) is 113 cm³/mol. The van der Waals surface area contributed by atoms with Crippen LogP contribution in [0, 0.1) is 5.92 Å². The Balaban J connectivity index is 1.49. The van der Waals surface area contributed by atoms with Crippen molar-refractivity contribution in [3.8, 4) is 0 Å². The van der Waals surface area contributed by atoms with Crippen LogP contribution in [-0.4, -0.2) is 52.2 Å². The van der Waals surface area contributed by atoms with Crippen molar-refractivity contribution in [2.75, 3.05) is 37.0 Å². The minimum absolute atomic E-state index is 0.0708. The maximum absolute atomic E-state index is 12.9. The number of piperidine rings is 1. The van der Waals surface area contributed by atoms with Gasteiger partial charge in [-0.05, 0) is 37.1 Å². The Labute approximate surface area is 173 Å². The number of anilines is 2. The number of nitrogens with zero attached hydrogens (tertiary/aromatic N) is 5. The predicted octanol–water partition coefficient (Wildman–Crippen LogP) is 1.69. The third-order valence-electron chi connectivity index (χ3n) is 5.26.